The summed E-state index contributed by atoms with van der Waals surface area (Å²) >= 11 is 0. The van der Waals surface area contributed by atoms with Crippen molar-refractivity contribution in [2.75, 3.05) is 32.7 Å². The van der Waals surface area contributed by atoms with Crippen LogP contribution < -0.4 is 10.6 Å². The molecule has 1 aromatic rings. The molecule has 1 heterocycles. The highest BCUT2D eigenvalue weighted by Gasteiger charge is 2.24. The molecule has 29 heavy (non-hydrogen) atoms. The Hall–Kier alpha value is -2.41. The zero-order chi connectivity index (χ0) is 21.6. The van der Waals surface area contributed by atoms with Gasteiger partial charge in [0.05, 0.1) is 6.54 Å². The quantitative estimate of drug-likeness (QED) is 0.761. The number of benzene rings is 1. The van der Waals surface area contributed by atoms with Crippen LogP contribution in [-0.2, 0) is 4.79 Å². The lowest BCUT2D eigenvalue weighted by atomic mass is 10.1. The zero-order valence-corrected chi connectivity index (χ0v) is 18.2. The van der Waals surface area contributed by atoms with Gasteiger partial charge in [0.1, 0.15) is 0 Å². The van der Waals surface area contributed by atoms with Crippen LogP contribution in [0.15, 0.2) is 24.3 Å². The summed E-state index contributed by atoms with van der Waals surface area (Å²) in [4.78, 5) is 40.9. The fourth-order valence-electron chi connectivity index (χ4n) is 3.09. The van der Waals surface area contributed by atoms with Crippen LogP contribution in [0.1, 0.15) is 61.8 Å². The van der Waals surface area contributed by atoms with E-state index in [2.05, 4.69) is 15.5 Å². The van der Waals surface area contributed by atoms with Gasteiger partial charge in [-0.25, -0.2) is 0 Å². The molecular weight excluding hydrogens is 368 g/mol. The van der Waals surface area contributed by atoms with Gasteiger partial charge in [-0.05, 0) is 58.4 Å². The summed E-state index contributed by atoms with van der Waals surface area (Å²) in [5, 5.41) is 5.88. The second kappa shape index (κ2) is 9.87. The minimum absolute atomic E-state index is 0.0308. The van der Waals surface area contributed by atoms with Crippen molar-refractivity contribution in [3.63, 3.8) is 0 Å². The molecule has 1 unspecified atom stereocenters. The molecule has 0 aliphatic carbocycles. The average molecular weight is 403 g/mol. The Morgan fingerprint density at radius 3 is 2.07 bits per heavy atom. The first-order valence-corrected chi connectivity index (χ1v) is 10.3. The Balaban J connectivity index is 1.86. The third kappa shape index (κ3) is 7.16. The molecule has 1 aliphatic rings. The smallest absolute Gasteiger partial charge is 0.253 e. The lowest BCUT2D eigenvalue weighted by molar-refractivity contribution is -0.123. The van der Waals surface area contributed by atoms with Crippen LogP contribution in [0.25, 0.3) is 0 Å². The van der Waals surface area contributed by atoms with Gasteiger partial charge in [0, 0.05) is 48.9 Å². The van der Waals surface area contributed by atoms with E-state index in [0.717, 1.165) is 6.42 Å². The van der Waals surface area contributed by atoms with E-state index in [-0.39, 0.29) is 29.3 Å². The van der Waals surface area contributed by atoms with Gasteiger partial charge in [-0.2, -0.15) is 0 Å². The standard InChI is InChI=1S/C22H34N4O3/c1-6-16(2)23-19(27)15-25-11-13-26(14-12-25)21(29)18-9-7-17(8-10-18)20(28)24-22(3,4)5/h7-10,16H,6,11-15H2,1-5H3,(H,23,27)(H,24,28). The van der Waals surface area contributed by atoms with Gasteiger partial charge in [0.15, 0.2) is 0 Å². The highest BCUT2D eigenvalue weighted by Crippen LogP contribution is 2.12. The molecule has 0 aromatic heterocycles. The van der Waals surface area contributed by atoms with Crippen LogP contribution in [0.5, 0.6) is 0 Å². The van der Waals surface area contributed by atoms with Gasteiger partial charge < -0.3 is 15.5 Å². The molecule has 1 saturated heterocycles. The van der Waals surface area contributed by atoms with Gasteiger partial charge in [-0.15, -0.1) is 0 Å². The molecular formula is C22H34N4O3. The van der Waals surface area contributed by atoms with Gasteiger partial charge in [0.25, 0.3) is 11.8 Å². The number of amides is 3. The van der Waals surface area contributed by atoms with Crippen molar-refractivity contribution < 1.29 is 14.4 Å². The van der Waals surface area contributed by atoms with Crippen molar-refractivity contribution in [1.29, 1.82) is 0 Å². The second-order valence-corrected chi connectivity index (χ2v) is 8.73. The zero-order valence-electron chi connectivity index (χ0n) is 18.2. The first-order valence-electron chi connectivity index (χ1n) is 10.3. The Labute approximate surface area is 173 Å². The maximum atomic E-state index is 12.8. The average Bonchev–Trinajstić information content (AvgIpc) is 2.66. The third-order valence-electron chi connectivity index (χ3n) is 4.93. The maximum absolute atomic E-state index is 12.8. The SMILES string of the molecule is CCC(C)NC(=O)CN1CCN(C(=O)c2ccc(C(=O)NC(C)(C)C)cc2)CC1. The largest absolute Gasteiger partial charge is 0.353 e. The molecule has 3 amide bonds. The fourth-order valence-corrected chi connectivity index (χ4v) is 3.09. The number of carbonyl (C=O) groups excluding carboxylic acids is 3. The molecule has 1 atom stereocenters. The molecule has 0 bridgehead atoms. The molecule has 1 fully saturated rings. The Bertz CT molecular complexity index is 717. The summed E-state index contributed by atoms with van der Waals surface area (Å²) in [6.45, 7) is 12.7. The molecule has 0 saturated carbocycles. The lowest BCUT2D eigenvalue weighted by Crippen LogP contribution is -2.51. The summed E-state index contributed by atoms with van der Waals surface area (Å²) in [6.07, 6.45) is 0.907. The van der Waals surface area contributed by atoms with Crippen molar-refractivity contribution in [2.24, 2.45) is 0 Å². The van der Waals surface area contributed by atoms with Crippen molar-refractivity contribution in [2.45, 2.75) is 52.6 Å². The van der Waals surface area contributed by atoms with E-state index >= 15 is 0 Å². The summed E-state index contributed by atoms with van der Waals surface area (Å²) in [5.74, 6) is -0.166. The third-order valence-corrected chi connectivity index (χ3v) is 4.93. The minimum Gasteiger partial charge on any atom is -0.353 e. The van der Waals surface area contributed by atoms with Gasteiger partial charge >= 0.3 is 0 Å². The molecule has 2 rings (SSSR count). The highest BCUT2D eigenvalue weighted by molar-refractivity contribution is 5.98. The number of hydrogen-bond acceptors (Lipinski definition) is 4. The van der Waals surface area contributed by atoms with E-state index in [1.165, 1.54) is 0 Å². The molecule has 7 heteroatoms. The summed E-state index contributed by atoms with van der Waals surface area (Å²) in [7, 11) is 0. The Morgan fingerprint density at radius 1 is 1.00 bits per heavy atom. The minimum atomic E-state index is -0.309. The maximum Gasteiger partial charge on any atom is 0.253 e. The van der Waals surface area contributed by atoms with Crippen LogP contribution in [0, 0.1) is 0 Å². The van der Waals surface area contributed by atoms with Gasteiger partial charge in [-0.1, -0.05) is 6.92 Å². The van der Waals surface area contributed by atoms with Gasteiger partial charge in [0.2, 0.25) is 5.91 Å². The van der Waals surface area contributed by atoms with Crippen molar-refractivity contribution in [1.82, 2.24) is 20.4 Å². The predicted octanol–water partition coefficient (Wildman–Crippen LogP) is 1.89. The second-order valence-electron chi connectivity index (χ2n) is 8.73. The Morgan fingerprint density at radius 2 is 1.55 bits per heavy atom. The number of nitrogens with zero attached hydrogens (tertiary/aromatic N) is 2. The number of nitrogens with one attached hydrogen (secondary N) is 2. The van der Waals surface area contributed by atoms with E-state index in [1.807, 2.05) is 34.6 Å². The van der Waals surface area contributed by atoms with E-state index < -0.39 is 0 Å². The molecule has 1 aromatic carbocycles. The summed E-state index contributed by atoms with van der Waals surface area (Å²) in [5.41, 5.74) is 0.797. The summed E-state index contributed by atoms with van der Waals surface area (Å²) in [6, 6.07) is 6.95. The normalized spacial score (nSPS) is 16.2. The highest BCUT2D eigenvalue weighted by atomic mass is 16.2. The van der Waals surface area contributed by atoms with Crippen molar-refractivity contribution in [3.05, 3.63) is 35.4 Å². The van der Waals surface area contributed by atoms with E-state index in [9.17, 15) is 14.4 Å². The molecule has 1 aliphatic heterocycles. The van der Waals surface area contributed by atoms with Crippen molar-refractivity contribution >= 4 is 17.7 Å². The van der Waals surface area contributed by atoms with E-state index in [0.29, 0.717) is 43.9 Å². The number of rotatable bonds is 6. The lowest BCUT2D eigenvalue weighted by Gasteiger charge is -2.34. The van der Waals surface area contributed by atoms with E-state index in [1.54, 1.807) is 29.2 Å². The van der Waals surface area contributed by atoms with Crippen LogP contribution in [0.3, 0.4) is 0 Å². The fraction of sp³-hybridized carbons (Fsp3) is 0.591. The number of hydrogen-bond donors (Lipinski definition) is 2. The van der Waals surface area contributed by atoms with E-state index in [4.69, 9.17) is 0 Å². The first kappa shape index (κ1) is 22.9. The predicted molar refractivity (Wildman–Crippen MR) is 114 cm³/mol. The van der Waals surface area contributed by atoms with Crippen LogP contribution in [-0.4, -0.2) is 71.8 Å². The number of carbonyl (C=O) groups is 3. The molecule has 2 N–H and O–H groups in total. The molecule has 0 radical (unpaired) electrons. The topological polar surface area (TPSA) is 81.8 Å². The van der Waals surface area contributed by atoms with Gasteiger partial charge in [-0.3, -0.25) is 19.3 Å². The molecule has 0 spiro atoms. The van der Waals surface area contributed by atoms with Crippen LogP contribution in [0.4, 0.5) is 0 Å². The Kier molecular flexibility index (Phi) is 7.79. The van der Waals surface area contributed by atoms with Crippen LogP contribution in [0.2, 0.25) is 0 Å². The summed E-state index contributed by atoms with van der Waals surface area (Å²) < 4.78 is 0. The van der Waals surface area contributed by atoms with Crippen molar-refractivity contribution in [3.8, 4) is 0 Å². The first-order chi connectivity index (χ1) is 13.6. The number of piperazine rings is 1. The molecule has 7 nitrogen and oxygen atoms in total. The van der Waals surface area contributed by atoms with Crippen LogP contribution >= 0.6 is 0 Å². The molecule has 160 valence electrons. The monoisotopic (exact) mass is 402 g/mol.